The second kappa shape index (κ2) is 14.0. The van der Waals surface area contributed by atoms with Gasteiger partial charge in [0.25, 0.3) is 0 Å². The monoisotopic (exact) mass is 508 g/mol. The van der Waals surface area contributed by atoms with Gasteiger partial charge in [0, 0.05) is 37.5 Å². The number of thioether (sulfide) groups is 1. The van der Waals surface area contributed by atoms with Gasteiger partial charge in [-0.15, -0.1) is 35.7 Å². The second-order valence-electron chi connectivity index (χ2n) is 6.38. The van der Waals surface area contributed by atoms with Crippen LogP contribution in [0.4, 0.5) is 4.39 Å². The molecule has 0 radical (unpaired) electrons. The van der Waals surface area contributed by atoms with Crippen molar-refractivity contribution < 1.29 is 9.18 Å². The number of nitrogens with zero attached hydrogens (tertiary/aromatic N) is 1. The molecule has 0 heterocycles. The summed E-state index contributed by atoms with van der Waals surface area (Å²) < 4.78 is 12.8. The molecule has 1 fully saturated rings. The van der Waals surface area contributed by atoms with Crippen LogP contribution in [0, 0.1) is 5.82 Å². The predicted molar refractivity (Wildman–Crippen MR) is 122 cm³/mol. The number of aliphatic imine (C=N–C) groups is 1. The summed E-state index contributed by atoms with van der Waals surface area (Å²) >= 11 is 1.71. The number of guanidine groups is 1. The van der Waals surface area contributed by atoms with Gasteiger partial charge in [0.05, 0.1) is 0 Å². The first-order valence-corrected chi connectivity index (χ1v) is 10.3. The minimum Gasteiger partial charge on any atom is -0.356 e. The van der Waals surface area contributed by atoms with Gasteiger partial charge >= 0.3 is 0 Å². The molecule has 1 aromatic rings. The summed E-state index contributed by atoms with van der Waals surface area (Å²) in [6, 6.07) is 6.93. The van der Waals surface area contributed by atoms with Crippen LogP contribution in [-0.4, -0.2) is 43.8 Å². The van der Waals surface area contributed by atoms with Crippen LogP contribution in [0.1, 0.15) is 38.5 Å². The maximum absolute atomic E-state index is 12.8. The molecule has 0 aliphatic heterocycles. The lowest BCUT2D eigenvalue weighted by Crippen LogP contribution is -2.40. The molecule has 0 atom stereocenters. The Balaban J connectivity index is 0.00000364. The highest BCUT2D eigenvalue weighted by Gasteiger charge is 2.16. The van der Waals surface area contributed by atoms with Gasteiger partial charge in [-0.05, 0) is 49.3 Å². The van der Waals surface area contributed by atoms with Crippen molar-refractivity contribution in [3.63, 3.8) is 0 Å². The molecule has 3 N–H and O–H groups in total. The van der Waals surface area contributed by atoms with Crippen molar-refractivity contribution in [2.75, 3.05) is 25.9 Å². The normalized spacial score (nSPS) is 14.5. The molecule has 1 aromatic carbocycles. The fourth-order valence-corrected chi connectivity index (χ4v) is 3.74. The number of amides is 1. The van der Waals surface area contributed by atoms with Crippen LogP contribution in [0.15, 0.2) is 34.2 Å². The molecule has 0 aromatic heterocycles. The van der Waals surface area contributed by atoms with Crippen LogP contribution in [-0.2, 0) is 4.79 Å². The van der Waals surface area contributed by atoms with E-state index in [4.69, 9.17) is 0 Å². The number of hydrogen-bond donors (Lipinski definition) is 3. The Morgan fingerprint density at radius 2 is 1.85 bits per heavy atom. The average molecular weight is 508 g/mol. The molecule has 0 saturated heterocycles. The summed E-state index contributed by atoms with van der Waals surface area (Å²) in [7, 11) is 1.72. The Labute approximate surface area is 182 Å². The van der Waals surface area contributed by atoms with Gasteiger partial charge in [0.1, 0.15) is 5.82 Å². The lowest BCUT2D eigenvalue weighted by Gasteiger charge is -2.14. The van der Waals surface area contributed by atoms with Crippen LogP contribution >= 0.6 is 35.7 Å². The molecule has 2 rings (SSSR count). The molecular weight excluding hydrogens is 478 g/mol. The zero-order valence-electron chi connectivity index (χ0n) is 15.8. The van der Waals surface area contributed by atoms with Gasteiger partial charge in [-0.1, -0.05) is 12.8 Å². The van der Waals surface area contributed by atoms with Crippen molar-refractivity contribution in [1.82, 2.24) is 16.0 Å². The number of nitrogens with one attached hydrogen (secondary N) is 3. The first-order valence-electron chi connectivity index (χ1n) is 9.29. The van der Waals surface area contributed by atoms with E-state index in [0.29, 0.717) is 25.0 Å². The standard InChI is InChI=1S/C19H29FN4OS.HI/c1-21-19(23-13-11-18(25)24-16-5-2-3-6-16)22-12-4-14-26-17-9-7-15(20)8-10-17;/h7-10,16H,2-6,11-14H2,1H3,(H,24,25)(H2,21,22,23);1H. The average Bonchev–Trinajstić information content (AvgIpc) is 3.14. The topological polar surface area (TPSA) is 65.5 Å². The van der Waals surface area contributed by atoms with Crippen molar-refractivity contribution in [2.24, 2.45) is 4.99 Å². The minimum atomic E-state index is -0.206. The van der Waals surface area contributed by atoms with Crippen molar-refractivity contribution >= 4 is 47.6 Å². The zero-order valence-corrected chi connectivity index (χ0v) is 18.9. The molecule has 8 heteroatoms. The van der Waals surface area contributed by atoms with Gasteiger partial charge < -0.3 is 16.0 Å². The van der Waals surface area contributed by atoms with Crippen molar-refractivity contribution in [2.45, 2.75) is 49.5 Å². The van der Waals surface area contributed by atoms with Gasteiger partial charge in [0.2, 0.25) is 5.91 Å². The van der Waals surface area contributed by atoms with E-state index < -0.39 is 0 Å². The largest absolute Gasteiger partial charge is 0.356 e. The van der Waals surface area contributed by atoms with E-state index in [-0.39, 0.29) is 35.7 Å². The zero-order chi connectivity index (χ0) is 18.6. The van der Waals surface area contributed by atoms with Crippen LogP contribution in [0.3, 0.4) is 0 Å². The Hall–Kier alpha value is -1.03. The molecule has 5 nitrogen and oxygen atoms in total. The van der Waals surface area contributed by atoms with Crippen molar-refractivity contribution in [1.29, 1.82) is 0 Å². The summed E-state index contributed by atoms with van der Waals surface area (Å²) in [6.07, 6.45) is 6.08. The quantitative estimate of drug-likeness (QED) is 0.157. The molecule has 27 heavy (non-hydrogen) atoms. The third-order valence-corrected chi connectivity index (χ3v) is 5.38. The highest BCUT2D eigenvalue weighted by Crippen LogP contribution is 2.18. The van der Waals surface area contributed by atoms with Gasteiger partial charge in [-0.3, -0.25) is 9.79 Å². The Morgan fingerprint density at radius 1 is 1.19 bits per heavy atom. The van der Waals surface area contributed by atoms with Crippen LogP contribution in [0.25, 0.3) is 0 Å². The SMILES string of the molecule is CN=C(NCCCSc1ccc(F)cc1)NCCC(=O)NC1CCCC1.I. The fourth-order valence-electron chi connectivity index (χ4n) is 2.88. The van der Waals surface area contributed by atoms with E-state index in [1.165, 1.54) is 25.0 Å². The van der Waals surface area contributed by atoms with Crippen LogP contribution in [0.5, 0.6) is 0 Å². The highest BCUT2D eigenvalue weighted by molar-refractivity contribution is 14.0. The van der Waals surface area contributed by atoms with Crippen LogP contribution < -0.4 is 16.0 Å². The molecule has 152 valence electrons. The van der Waals surface area contributed by atoms with E-state index in [0.717, 1.165) is 36.5 Å². The molecule has 1 aliphatic rings. The van der Waals surface area contributed by atoms with E-state index in [1.54, 1.807) is 30.9 Å². The highest BCUT2D eigenvalue weighted by atomic mass is 127. The van der Waals surface area contributed by atoms with Gasteiger partial charge in [-0.2, -0.15) is 0 Å². The molecule has 0 bridgehead atoms. The van der Waals surface area contributed by atoms with Crippen molar-refractivity contribution in [3.05, 3.63) is 30.1 Å². The molecule has 1 saturated carbocycles. The third-order valence-electron chi connectivity index (χ3n) is 4.28. The fraction of sp³-hybridized carbons (Fsp3) is 0.579. The number of carbonyl (C=O) groups excluding carboxylic acids is 1. The summed E-state index contributed by atoms with van der Waals surface area (Å²) in [5.41, 5.74) is 0. The van der Waals surface area contributed by atoms with Gasteiger partial charge in [0.15, 0.2) is 5.96 Å². The number of halogens is 2. The van der Waals surface area contributed by atoms with E-state index in [1.807, 2.05) is 0 Å². The predicted octanol–water partition coefficient (Wildman–Crippen LogP) is 3.54. The number of hydrogen-bond acceptors (Lipinski definition) is 3. The summed E-state index contributed by atoms with van der Waals surface area (Å²) in [6.45, 7) is 1.37. The molecule has 0 spiro atoms. The Bertz CT molecular complexity index is 580. The lowest BCUT2D eigenvalue weighted by molar-refractivity contribution is -0.121. The first kappa shape index (κ1) is 24.0. The van der Waals surface area contributed by atoms with E-state index >= 15 is 0 Å². The molecular formula is C19H30FIN4OS. The summed E-state index contributed by atoms with van der Waals surface area (Å²) in [4.78, 5) is 17.1. The lowest BCUT2D eigenvalue weighted by atomic mass is 10.2. The third kappa shape index (κ3) is 10.2. The maximum Gasteiger partial charge on any atom is 0.221 e. The second-order valence-corrected chi connectivity index (χ2v) is 7.55. The summed E-state index contributed by atoms with van der Waals surface area (Å²) in [5, 5.41) is 9.50. The van der Waals surface area contributed by atoms with E-state index in [9.17, 15) is 9.18 Å². The molecule has 1 amide bonds. The summed E-state index contributed by atoms with van der Waals surface area (Å²) in [5.74, 6) is 1.56. The van der Waals surface area contributed by atoms with Crippen LogP contribution in [0.2, 0.25) is 0 Å². The number of carbonyl (C=O) groups is 1. The van der Waals surface area contributed by atoms with E-state index in [2.05, 4.69) is 20.9 Å². The smallest absolute Gasteiger partial charge is 0.221 e. The Kier molecular flexibility index (Phi) is 12.5. The molecule has 1 aliphatic carbocycles. The molecule has 0 unspecified atom stereocenters. The minimum absolute atomic E-state index is 0. The first-order chi connectivity index (χ1) is 12.7. The maximum atomic E-state index is 12.8. The number of rotatable bonds is 9. The van der Waals surface area contributed by atoms with Gasteiger partial charge in [-0.25, -0.2) is 4.39 Å². The Morgan fingerprint density at radius 3 is 2.52 bits per heavy atom. The van der Waals surface area contributed by atoms with Crippen molar-refractivity contribution in [3.8, 4) is 0 Å². The number of benzene rings is 1.